The molecule has 4 heterocycles. The summed E-state index contributed by atoms with van der Waals surface area (Å²) in [5.41, 5.74) is 1.66. The Morgan fingerprint density at radius 3 is 2.79 bits per heavy atom. The highest BCUT2D eigenvalue weighted by atomic mass is 35.5. The van der Waals surface area contributed by atoms with Crippen molar-refractivity contribution in [3.63, 3.8) is 0 Å². The minimum atomic E-state index is -0.651. The second-order valence-corrected chi connectivity index (χ2v) is 9.60. The van der Waals surface area contributed by atoms with Gasteiger partial charge in [0.25, 0.3) is 5.95 Å². The molecule has 2 saturated heterocycles. The SMILES string of the molecule is C[C@@H]1CC[C@@H](C(=O)Cc2cc(-c3cnc(F)c(NCC4CCOCC4)n3)c(Cl)cn2)CN1C. The van der Waals surface area contributed by atoms with E-state index in [9.17, 15) is 9.18 Å². The fourth-order valence-corrected chi connectivity index (χ4v) is 4.65. The van der Waals surface area contributed by atoms with Crippen molar-refractivity contribution in [1.29, 1.82) is 0 Å². The van der Waals surface area contributed by atoms with Crippen LogP contribution in [0.3, 0.4) is 0 Å². The van der Waals surface area contributed by atoms with Crippen LogP contribution in [-0.4, -0.2) is 65.0 Å². The molecule has 1 N–H and O–H groups in total. The van der Waals surface area contributed by atoms with E-state index < -0.39 is 5.95 Å². The number of rotatable bonds is 7. The topological polar surface area (TPSA) is 80.2 Å². The molecule has 7 nitrogen and oxygen atoms in total. The van der Waals surface area contributed by atoms with E-state index in [1.54, 1.807) is 6.07 Å². The molecule has 178 valence electrons. The highest BCUT2D eigenvalue weighted by Gasteiger charge is 2.28. The molecule has 2 atom stereocenters. The van der Waals surface area contributed by atoms with Crippen molar-refractivity contribution in [2.75, 3.05) is 38.7 Å². The maximum Gasteiger partial charge on any atom is 0.255 e. The van der Waals surface area contributed by atoms with E-state index in [4.69, 9.17) is 16.3 Å². The first-order valence-corrected chi connectivity index (χ1v) is 12.0. The second-order valence-electron chi connectivity index (χ2n) is 9.19. The maximum absolute atomic E-state index is 14.3. The lowest BCUT2D eigenvalue weighted by molar-refractivity contribution is -0.124. The van der Waals surface area contributed by atoms with Gasteiger partial charge in [0, 0.05) is 62.1 Å². The van der Waals surface area contributed by atoms with Crippen LogP contribution < -0.4 is 5.32 Å². The normalized spacial score (nSPS) is 22.3. The zero-order chi connectivity index (χ0) is 23.4. The Kier molecular flexibility index (Phi) is 7.88. The summed E-state index contributed by atoms with van der Waals surface area (Å²) in [5, 5.41) is 3.47. The summed E-state index contributed by atoms with van der Waals surface area (Å²) >= 11 is 6.39. The van der Waals surface area contributed by atoms with Gasteiger partial charge in [-0.15, -0.1) is 0 Å². The highest BCUT2D eigenvalue weighted by Crippen LogP contribution is 2.29. The van der Waals surface area contributed by atoms with Crippen LogP contribution in [0.2, 0.25) is 5.02 Å². The molecule has 33 heavy (non-hydrogen) atoms. The van der Waals surface area contributed by atoms with Gasteiger partial charge in [0.2, 0.25) is 0 Å². The van der Waals surface area contributed by atoms with Crippen LogP contribution >= 0.6 is 11.6 Å². The third-order valence-electron chi connectivity index (χ3n) is 6.82. The van der Waals surface area contributed by atoms with Crippen LogP contribution in [-0.2, 0) is 16.0 Å². The van der Waals surface area contributed by atoms with Crippen molar-refractivity contribution in [3.05, 3.63) is 35.1 Å². The Labute approximate surface area is 199 Å². The first-order chi connectivity index (χ1) is 15.9. The monoisotopic (exact) mass is 475 g/mol. The third-order valence-corrected chi connectivity index (χ3v) is 7.12. The number of carbonyl (C=O) groups excluding carboxylic acids is 1. The van der Waals surface area contributed by atoms with Gasteiger partial charge in [0.15, 0.2) is 5.82 Å². The predicted molar refractivity (Wildman–Crippen MR) is 126 cm³/mol. The Morgan fingerprint density at radius 1 is 1.24 bits per heavy atom. The molecule has 0 unspecified atom stereocenters. The molecule has 0 radical (unpaired) electrons. The van der Waals surface area contributed by atoms with Crippen molar-refractivity contribution < 1.29 is 13.9 Å². The number of piperidine rings is 1. The van der Waals surface area contributed by atoms with E-state index in [1.165, 1.54) is 12.4 Å². The van der Waals surface area contributed by atoms with Crippen LogP contribution in [0.1, 0.15) is 38.3 Å². The summed E-state index contributed by atoms with van der Waals surface area (Å²) in [6.45, 7) is 5.02. The quantitative estimate of drug-likeness (QED) is 0.648. The molecule has 0 bridgehead atoms. The number of anilines is 1. The molecular weight excluding hydrogens is 445 g/mol. The lowest BCUT2D eigenvalue weighted by atomic mass is 9.88. The number of likely N-dealkylation sites (tertiary alicyclic amines) is 1. The van der Waals surface area contributed by atoms with Crippen molar-refractivity contribution in [2.24, 2.45) is 11.8 Å². The van der Waals surface area contributed by atoms with E-state index in [1.807, 2.05) is 0 Å². The van der Waals surface area contributed by atoms with Crippen molar-refractivity contribution in [2.45, 2.75) is 45.1 Å². The molecule has 2 aliphatic rings. The first kappa shape index (κ1) is 24.0. The molecule has 4 rings (SSSR count). The minimum absolute atomic E-state index is 0.0127. The van der Waals surface area contributed by atoms with Gasteiger partial charge in [-0.1, -0.05) is 11.6 Å². The molecule has 2 aromatic rings. The zero-order valence-corrected chi connectivity index (χ0v) is 19.9. The van der Waals surface area contributed by atoms with Gasteiger partial charge in [-0.25, -0.2) is 9.97 Å². The zero-order valence-electron chi connectivity index (χ0n) is 19.2. The first-order valence-electron chi connectivity index (χ1n) is 11.6. The van der Waals surface area contributed by atoms with Crippen LogP contribution in [0, 0.1) is 17.8 Å². The number of hydrogen-bond acceptors (Lipinski definition) is 7. The Hall–Kier alpha value is -2.16. The molecule has 0 aromatic carbocycles. The Balaban J connectivity index is 1.47. The van der Waals surface area contributed by atoms with E-state index in [2.05, 4.69) is 39.1 Å². The number of ketones is 1. The van der Waals surface area contributed by atoms with Crippen LogP contribution in [0.25, 0.3) is 11.3 Å². The molecule has 0 saturated carbocycles. The van der Waals surface area contributed by atoms with E-state index in [0.717, 1.165) is 45.4 Å². The molecule has 2 aromatic heterocycles. The van der Waals surface area contributed by atoms with Crippen molar-refractivity contribution in [1.82, 2.24) is 19.9 Å². The van der Waals surface area contributed by atoms with E-state index in [0.29, 0.717) is 40.5 Å². The van der Waals surface area contributed by atoms with Gasteiger partial charge in [0.1, 0.15) is 5.78 Å². The molecule has 0 amide bonds. The van der Waals surface area contributed by atoms with Gasteiger partial charge in [-0.05, 0) is 51.6 Å². The Morgan fingerprint density at radius 2 is 2.03 bits per heavy atom. The molecule has 2 fully saturated rings. The maximum atomic E-state index is 14.3. The summed E-state index contributed by atoms with van der Waals surface area (Å²) in [7, 11) is 2.06. The standard InChI is InChI=1S/C24H31ClFN5O2/c1-15-3-4-17(14-31(15)2)22(32)10-18-9-19(20(25)12-27-18)21-13-28-23(26)24(30-21)29-11-16-5-7-33-8-6-16/h9,12-13,15-17H,3-8,10-11,14H2,1-2H3,(H,29,30)/t15-,17-/m1/s1. The fourth-order valence-electron chi connectivity index (χ4n) is 4.45. The molecule has 9 heteroatoms. The average molecular weight is 476 g/mol. The van der Waals surface area contributed by atoms with Gasteiger partial charge >= 0.3 is 0 Å². The largest absolute Gasteiger partial charge is 0.381 e. The predicted octanol–water partition coefficient (Wildman–Crippen LogP) is 4.01. The van der Waals surface area contributed by atoms with Crippen LogP contribution in [0.5, 0.6) is 0 Å². The van der Waals surface area contributed by atoms with Gasteiger partial charge in [0.05, 0.1) is 16.9 Å². The summed E-state index contributed by atoms with van der Waals surface area (Å²) in [6.07, 6.45) is 6.90. The highest BCUT2D eigenvalue weighted by molar-refractivity contribution is 6.33. The molecular formula is C24H31ClFN5O2. The lowest BCUT2D eigenvalue weighted by Gasteiger charge is -2.34. The Bertz CT molecular complexity index is 985. The van der Waals surface area contributed by atoms with Crippen LogP contribution in [0.4, 0.5) is 10.2 Å². The summed E-state index contributed by atoms with van der Waals surface area (Å²) in [5.74, 6) is 0.0516. The number of halogens is 2. The molecule has 0 spiro atoms. The molecule has 0 aliphatic carbocycles. The smallest absolute Gasteiger partial charge is 0.255 e. The van der Waals surface area contributed by atoms with Crippen molar-refractivity contribution in [3.8, 4) is 11.3 Å². The van der Waals surface area contributed by atoms with Gasteiger partial charge < -0.3 is 15.0 Å². The number of Topliss-reactive ketones (excluding diaryl/α,β-unsaturated/α-hetero) is 1. The number of nitrogens with one attached hydrogen (secondary N) is 1. The van der Waals surface area contributed by atoms with E-state index in [-0.39, 0.29) is 23.9 Å². The molecule has 2 aliphatic heterocycles. The lowest BCUT2D eigenvalue weighted by Crippen LogP contribution is -2.41. The number of pyridine rings is 1. The number of ether oxygens (including phenoxy) is 1. The van der Waals surface area contributed by atoms with Crippen molar-refractivity contribution >= 4 is 23.2 Å². The van der Waals surface area contributed by atoms with Crippen LogP contribution in [0.15, 0.2) is 18.5 Å². The summed E-state index contributed by atoms with van der Waals surface area (Å²) in [6, 6.07) is 2.26. The van der Waals surface area contributed by atoms with Gasteiger partial charge in [-0.2, -0.15) is 4.39 Å². The second kappa shape index (κ2) is 10.8. The fraction of sp³-hybridized carbons (Fsp3) is 0.583. The number of nitrogens with zero attached hydrogens (tertiary/aromatic N) is 4. The summed E-state index contributed by atoms with van der Waals surface area (Å²) < 4.78 is 19.7. The number of hydrogen-bond donors (Lipinski definition) is 1. The minimum Gasteiger partial charge on any atom is -0.381 e. The average Bonchev–Trinajstić information content (AvgIpc) is 2.82. The third kappa shape index (κ3) is 6.05. The number of aromatic nitrogens is 3. The van der Waals surface area contributed by atoms with Gasteiger partial charge in [-0.3, -0.25) is 9.78 Å². The number of carbonyl (C=O) groups is 1. The summed E-state index contributed by atoms with van der Waals surface area (Å²) in [4.78, 5) is 27.8. The van der Waals surface area contributed by atoms with E-state index >= 15 is 0 Å².